The Morgan fingerprint density at radius 2 is 1.80 bits per heavy atom. The summed E-state index contributed by atoms with van der Waals surface area (Å²) in [7, 11) is 0. The maximum Gasteiger partial charge on any atom is 0.271 e. The number of rotatable bonds is 5. The van der Waals surface area contributed by atoms with Crippen molar-refractivity contribution in [2.75, 3.05) is 4.90 Å². The van der Waals surface area contributed by atoms with Crippen LogP contribution in [-0.2, 0) is 6.54 Å². The third-order valence-corrected chi connectivity index (χ3v) is 5.11. The van der Waals surface area contributed by atoms with Crippen LogP contribution in [0.5, 0.6) is 0 Å². The van der Waals surface area contributed by atoms with Gasteiger partial charge in [-0.1, -0.05) is 36.4 Å². The van der Waals surface area contributed by atoms with E-state index >= 15 is 0 Å². The molecule has 3 aromatic carbocycles. The van der Waals surface area contributed by atoms with E-state index in [-0.39, 0.29) is 11.8 Å². The Kier molecular flexibility index (Phi) is 4.37. The van der Waals surface area contributed by atoms with Gasteiger partial charge in [-0.05, 0) is 47.3 Å². The van der Waals surface area contributed by atoms with Gasteiger partial charge in [0, 0.05) is 16.5 Å². The Balaban J connectivity index is 1.31. The van der Waals surface area contributed by atoms with Gasteiger partial charge in [0.2, 0.25) is 0 Å². The summed E-state index contributed by atoms with van der Waals surface area (Å²) < 4.78 is 5.12. The monoisotopic (exact) mass is 395 g/mol. The normalized spacial score (nSPS) is 12.8. The number of hydrogen-bond donors (Lipinski definition) is 1. The molecule has 0 bridgehead atoms. The highest BCUT2D eigenvalue weighted by molar-refractivity contribution is 6.24. The van der Waals surface area contributed by atoms with E-state index in [1.54, 1.807) is 29.2 Å². The molecule has 0 unspecified atom stereocenters. The van der Waals surface area contributed by atoms with E-state index in [0.29, 0.717) is 17.9 Å². The molecule has 4 aromatic rings. The third kappa shape index (κ3) is 3.14. The number of nitrogens with zero attached hydrogens (tertiary/aromatic N) is 2. The van der Waals surface area contributed by atoms with Gasteiger partial charge in [0.15, 0.2) is 0 Å². The second-order valence-electron chi connectivity index (χ2n) is 6.98. The van der Waals surface area contributed by atoms with Crippen LogP contribution in [0.2, 0.25) is 0 Å². The minimum absolute atomic E-state index is 0.00381. The summed E-state index contributed by atoms with van der Waals surface area (Å²) in [5.41, 5.74) is 5.53. The molecule has 1 N–H and O–H groups in total. The zero-order chi connectivity index (χ0) is 20.5. The number of carbonyl (C=O) groups excluding carboxylic acids is 2. The summed E-state index contributed by atoms with van der Waals surface area (Å²) in [5.74, 6) is 0.228. The molecule has 5 rings (SSSR count). The highest BCUT2D eigenvalue weighted by Gasteiger charge is 2.29. The van der Waals surface area contributed by atoms with Gasteiger partial charge in [0.25, 0.3) is 11.8 Å². The lowest BCUT2D eigenvalue weighted by molar-refractivity contribution is 0.0953. The minimum atomic E-state index is -0.321. The van der Waals surface area contributed by atoms with Crippen molar-refractivity contribution in [2.45, 2.75) is 6.54 Å². The molecule has 0 saturated heterocycles. The molecular formula is C24H17N3O3. The average Bonchev–Trinajstić information content (AvgIpc) is 3.38. The first-order valence-corrected chi connectivity index (χ1v) is 9.50. The van der Waals surface area contributed by atoms with Crippen molar-refractivity contribution in [2.24, 2.45) is 5.10 Å². The molecule has 146 valence electrons. The molecule has 2 heterocycles. The molecule has 0 spiro atoms. The molecule has 6 nitrogen and oxygen atoms in total. The molecule has 0 fully saturated rings. The summed E-state index contributed by atoms with van der Waals surface area (Å²) in [6, 6.07) is 22.4. The molecule has 1 aliphatic rings. The van der Waals surface area contributed by atoms with Gasteiger partial charge in [-0.3, -0.25) is 9.59 Å². The van der Waals surface area contributed by atoms with Gasteiger partial charge in [-0.15, -0.1) is 0 Å². The Morgan fingerprint density at radius 3 is 2.57 bits per heavy atom. The molecule has 30 heavy (non-hydrogen) atoms. The predicted molar refractivity (Wildman–Crippen MR) is 115 cm³/mol. The van der Waals surface area contributed by atoms with Crippen molar-refractivity contribution in [3.05, 3.63) is 102 Å². The molecule has 0 aliphatic carbocycles. The van der Waals surface area contributed by atoms with Gasteiger partial charge in [-0.25, -0.2) is 5.43 Å². The van der Waals surface area contributed by atoms with Gasteiger partial charge in [0.05, 0.1) is 24.7 Å². The number of hydrazone groups is 1. The lowest BCUT2D eigenvalue weighted by Gasteiger charge is -2.18. The maximum atomic E-state index is 12.9. The van der Waals surface area contributed by atoms with Crippen LogP contribution in [0.25, 0.3) is 10.8 Å². The number of hydrogen-bond acceptors (Lipinski definition) is 4. The fraction of sp³-hybridized carbons (Fsp3) is 0.0417. The number of benzene rings is 3. The maximum absolute atomic E-state index is 12.9. The summed E-state index contributed by atoms with van der Waals surface area (Å²) in [6.45, 7) is 0.436. The topological polar surface area (TPSA) is 74.9 Å². The van der Waals surface area contributed by atoms with Crippen LogP contribution in [-0.4, -0.2) is 18.0 Å². The smallest absolute Gasteiger partial charge is 0.271 e. The third-order valence-electron chi connectivity index (χ3n) is 5.11. The lowest BCUT2D eigenvalue weighted by Crippen LogP contribution is -2.26. The highest BCUT2D eigenvalue weighted by atomic mass is 16.3. The van der Waals surface area contributed by atoms with Crippen LogP contribution in [0.15, 0.2) is 88.6 Å². The second-order valence-corrected chi connectivity index (χ2v) is 6.98. The van der Waals surface area contributed by atoms with Gasteiger partial charge < -0.3 is 9.32 Å². The fourth-order valence-electron chi connectivity index (χ4n) is 3.66. The zero-order valence-corrected chi connectivity index (χ0v) is 15.9. The minimum Gasteiger partial charge on any atom is -0.463 e. The van der Waals surface area contributed by atoms with Crippen LogP contribution >= 0.6 is 0 Å². The van der Waals surface area contributed by atoms with E-state index in [4.69, 9.17) is 4.42 Å². The molecule has 0 atom stereocenters. The van der Waals surface area contributed by atoms with Crippen molar-refractivity contribution in [1.29, 1.82) is 0 Å². The average molecular weight is 395 g/mol. The lowest BCUT2D eigenvalue weighted by atomic mass is 10.1. The summed E-state index contributed by atoms with van der Waals surface area (Å²) >= 11 is 0. The van der Waals surface area contributed by atoms with E-state index in [1.165, 1.54) is 12.5 Å². The highest BCUT2D eigenvalue weighted by Crippen LogP contribution is 2.37. The Bertz CT molecular complexity index is 1270. The number of carbonyl (C=O) groups is 2. The van der Waals surface area contributed by atoms with Gasteiger partial charge >= 0.3 is 0 Å². The van der Waals surface area contributed by atoms with Crippen molar-refractivity contribution < 1.29 is 14.0 Å². The first kappa shape index (κ1) is 17.9. The largest absolute Gasteiger partial charge is 0.463 e. The Hall–Kier alpha value is -4.19. The first-order valence-electron chi connectivity index (χ1n) is 9.50. The SMILES string of the molecule is O=C(N/N=C\c1ccco1)c1ccc(CN2C(=O)c3cccc4cccc2c34)cc1. The summed E-state index contributed by atoms with van der Waals surface area (Å²) in [5, 5.41) is 5.93. The van der Waals surface area contributed by atoms with Gasteiger partial charge in [0.1, 0.15) is 5.76 Å². The number of amides is 2. The number of nitrogens with one attached hydrogen (secondary N) is 1. The predicted octanol–water partition coefficient (Wildman–Crippen LogP) is 4.36. The number of anilines is 1. The second kappa shape index (κ2) is 7.33. The van der Waals surface area contributed by atoms with Crippen molar-refractivity contribution >= 4 is 34.5 Å². The molecule has 2 amide bonds. The zero-order valence-electron chi connectivity index (χ0n) is 15.9. The van der Waals surface area contributed by atoms with Crippen molar-refractivity contribution in [3.8, 4) is 0 Å². The quantitative estimate of drug-likeness (QED) is 0.403. The van der Waals surface area contributed by atoms with E-state index in [9.17, 15) is 9.59 Å². The molecule has 0 radical (unpaired) electrons. The Labute approximate surface area is 172 Å². The van der Waals surface area contributed by atoms with Crippen LogP contribution in [0.3, 0.4) is 0 Å². The molecular weight excluding hydrogens is 378 g/mol. The van der Waals surface area contributed by atoms with Crippen LogP contribution in [0.1, 0.15) is 32.0 Å². The van der Waals surface area contributed by atoms with Gasteiger partial charge in [-0.2, -0.15) is 5.10 Å². The fourth-order valence-corrected chi connectivity index (χ4v) is 3.66. The van der Waals surface area contributed by atoms with Crippen LogP contribution in [0, 0.1) is 0 Å². The molecule has 6 heteroatoms. The summed E-state index contributed by atoms with van der Waals surface area (Å²) in [6.07, 6.45) is 2.97. The van der Waals surface area contributed by atoms with Crippen LogP contribution in [0.4, 0.5) is 5.69 Å². The standard InChI is InChI=1S/C24H17N3O3/c28-23(26-25-14-19-6-3-13-30-19)18-11-9-16(10-12-18)15-27-21-8-2-5-17-4-1-7-20(22(17)21)24(27)29/h1-14H,15H2,(H,26,28)/b25-14-. The summed E-state index contributed by atoms with van der Waals surface area (Å²) in [4.78, 5) is 26.9. The van der Waals surface area contributed by atoms with E-state index < -0.39 is 0 Å². The van der Waals surface area contributed by atoms with E-state index in [2.05, 4.69) is 10.5 Å². The van der Waals surface area contributed by atoms with Crippen molar-refractivity contribution in [3.63, 3.8) is 0 Å². The van der Waals surface area contributed by atoms with E-state index in [1.807, 2.05) is 48.5 Å². The molecule has 1 aliphatic heterocycles. The Morgan fingerprint density at radius 1 is 1.00 bits per heavy atom. The number of furan rings is 1. The first-order chi connectivity index (χ1) is 14.7. The van der Waals surface area contributed by atoms with Crippen LogP contribution < -0.4 is 10.3 Å². The molecule has 0 saturated carbocycles. The molecule has 1 aromatic heterocycles. The van der Waals surface area contributed by atoms with Crippen molar-refractivity contribution in [1.82, 2.24) is 5.43 Å². The van der Waals surface area contributed by atoms with E-state index in [0.717, 1.165) is 27.6 Å².